The van der Waals surface area contributed by atoms with Crippen LogP contribution in [0.25, 0.3) is 0 Å². The van der Waals surface area contributed by atoms with Crippen LogP contribution in [0.4, 0.5) is 0 Å². The van der Waals surface area contributed by atoms with Gasteiger partial charge in [-0.05, 0) is 79.4 Å². The largest absolute Gasteiger partial charge is 0.390 e. The molecule has 0 heterocycles. The first-order chi connectivity index (χ1) is 13.3. The van der Waals surface area contributed by atoms with Gasteiger partial charge in [0.25, 0.3) is 0 Å². The van der Waals surface area contributed by atoms with Gasteiger partial charge in [0.1, 0.15) is 0 Å². The molecule has 3 unspecified atom stereocenters. The molecule has 2 N–H and O–H groups in total. The van der Waals surface area contributed by atoms with E-state index in [0.29, 0.717) is 17.8 Å². The maximum absolute atomic E-state index is 10.4. The molecule has 0 aromatic rings. The topological polar surface area (TPSA) is 40.5 Å². The fourth-order valence-electron chi connectivity index (χ4n) is 7.56. The summed E-state index contributed by atoms with van der Waals surface area (Å²) in [5, 5.41) is 20.6. The Bertz CT molecular complexity index is 647. The summed E-state index contributed by atoms with van der Waals surface area (Å²) in [7, 11) is 0. The Morgan fingerprint density at radius 3 is 2.54 bits per heavy atom. The number of allylic oxidation sites excluding steroid dienone is 3. The molecule has 0 bridgehead atoms. The number of fused-ring (bicyclic) bond motifs is 5. The third kappa shape index (κ3) is 3.33. The molecule has 4 rings (SSSR count). The van der Waals surface area contributed by atoms with Crippen LogP contribution < -0.4 is 0 Å². The molecular formula is C26H42O2. The van der Waals surface area contributed by atoms with Crippen LogP contribution in [0.15, 0.2) is 23.3 Å². The van der Waals surface area contributed by atoms with E-state index in [1.54, 1.807) is 5.57 Å². The molecule has 0 aromatic heterocycles. The Kier molecular flexibility index (Phi) is 5.59. The maximum Gasteiger partial charge on any atom is 0.0836 e. The lowest BCUT2D eigenvalue weighted by Gasteiger charge is -2.55. The third-order valence-corrected chi connectivity index (χ3v) is 9.38. The molecule has 4 aliphatic rings. The molecule has 28 heavy (non-hydrogen) atoms. The minimum Gasteiger partial charge on any atom is -0.390 e. The van der Waals surface area contributed by atoms with E-state index in [0.717, 1.165) is 24.2 Å². The van der Waals surface area contributed by atoms with Crippen LogP contribution in [0.5, 0.6) is 0 Å². The van der Waals surface area contributed by atoms with E-state index in [2.05, 4.69) is 39.8 Å². The van der Waals surface area contributed by atoms with Crippen LogP contribution in [-0.4, -0.2) is 22.4 Å². The van der Waals surface area contributed by atoms with Gasteiger partial charge in [0.05, 0.1) is 12.2 Å². The van der Waals surface area contributed by atoms with Gasteiger partial charge in [0, 0.05) is 0 Å². The predicted molar refractivity (Wildman–Crippen MR) is 116 cm³/mol. The summed E-state index contributed by atoms with van der Waals surface area (Å²) in [6.07, 6.45) is 16.0. The lowest BCUT2D eigenvalue weighted by molar-refractivity contribution is -0.0449. The highest BCUT2D eigenvalue weighted by molar-refractivity contribution is 5.39. The molecular weight excluding hydrogens is 344 g/mol. The highest BCUT2D eigenvalue weighted by Crippen LogP contribution is 2.65. The molecule has 0 aliphatic heterocycles. The predicted octanol–water partition coefficient (Wildman–Crippen LogP) is 6.03. The van der Waals surface area contributed by atoms with Crippen LogP contribution in [0.3, 0.4) is 0 Å². The molecule has 7 atom stereocenters. The molecule has 0 aromatic carbocycles. The molecule has 3 fully saturated rings. The molecule has 2 nitrogen and oxygen atoms in total. The first-order valence-corrected chi connectivity index (χ1v) is 12.0. The summed E-state index contributed by atoms with van der Waals surface area (Å²) >= 11 is 0. The second-order valence-corrected chi connectivity index (χ2v) is 11.4. The Morgan fingerprint density at radius 2 is 1.79 bits per heavy atom. The van der Waals surface area contributed by atoms with E-state index < -0.39 is 12.2 Å². The quantitative estimate of drug-likeness (QED) is 0.566. The fourth-order valence-corrected chi connectivity index (χ4v) is 7.56. The van der Waals surface area contributed by atoms with Gasteiger partial charge < -0.3 is 10.2 Å². The average molecular weight is 387 g/mol. The van der Waals surface area contributed by atoms with E-state index in [4.69, 9.17) is 0 Å². The van der Waals surface area contributed by atoms with Gasteiger partial charge in [0.15, 0.2) is 0 Å². The summed E-state index contributed by atoms with van der Waals surface area (Å²) in [4.78, 5) is 0. The smallest absolute Gasteiger partial charge is 0.0836 e. The first kappa shape index (κ1) is 20.7. The number of rotatable bonds is 5. The Balaban J connectivity index is 1.51. The van der Waals surface area contributed by atoms with Crippen molar-refractivity contribution in [1.82, 2.24) is 0 Å². The Labute approximate surface area is 172 Å². The second kappa shape index (κ2) is 7.58. The van der Waals surface area contributed by atoms with Crippen molar-refractivity contribution in [1.29, 1.82) is 0 Å². The number of aliphatic hydroxyl groups is 2. The van der Waals surface area contributed by atoms with E-state index in [1.807, 2.05) is 0 Å². The normalized spacial score (nSPS) is 45.2. The highest BCUT2D eigenvalue weighted by Gasteiger charge is 2.56. The summed E-state index contributed by atoms with van der Waals surface area (Å²) in [6, 6.07) is 0. The van der Waals surface area contributed by atoms with E-state index in [9.17, 15) is 10.2 Å². The molecule has 0 amide bonds. The molecule has 0 spiro atoms. The standard InChI is InChI=1S/C26H42O2/c1-17(2)7-5-6-8-18-10-12-21-20-11-9-19-15-23(27)24(28)16-26(19,4)22(20)13-14-25(18,21)3/h9,11,17-18,21-24,27-28H,5-8,10,12-16H2,1-4H3/t18?,21?,22?,23-,24+,25-,26+/m1/s1. The summed E-state index contributed by atoms with van der Waals surface area (Å²) < 4.78 is 0. The molecule has 4 aliphatic carbocycles. The molecule has 2 heteroatoms. The van der Waals surface area contributed by atoms with Gasteiger partial charge in [-0.15, -0.1) is 0 Å². The van der Waals surface area contributed by atoms with Crippen molar-refractivity contribution in [2.75, 3.05) is 0 Å². The summed E-state index contributed by atoms with van der Waals surface area (Å²) in [5.74, 6) is 3.04. The van der Waals surface area contributed by atoms with Crippen LogP contribution in [0.2, 0.25) is 0 Å². The van der Waals surface area contributed by atoms with Crippen molar-refractivity contribution in [2.24, 2.45) is 34.5 Å². The molecule has 3 saturated carbocycles. The average Bonchev–Trinajstić information content (AvgIpc) is 2.96. The van der Waals surface area contributed by atoms with Crippen molar-refractivity contribution in [3.63, 3.8) is 0 Å². The fraction of sp³-hybridized carbons (Fsp3) is 0.846. The second-order valence-electron chi connectivity index (χ2n) is 11.4. The Morgan fingerprint density at radius 1 is 1.00 bits per heavy atom. The van der Waals surface area contributed by atoms with Gasteiger partial charge in [-0.1, -0.05) is 70.3 Å². The zero-order valence-corrected chi connectivity index (χ0v) is 18.6. The van der Waals surface area contributed by atoms with Gasteiger partial charge in [-0.3, -0.25) is 0 Å². The number of hydrogen-bond acceptors (Lipinski definition) is 2. The first-order valence-electron chi connectivity index (χ1n) is 12.0. The van der Waals surface area contributed by atoms with Crippen LogP contribution in [0.1, 0.15) is 91.9 Å². The highest BCUT2D eigenvalue weighted by atomic mass is 16.3. The lowest BCUT2D eigenvalue weighted by Crippen LogP contribution is -2.49. The summed E-state index contributed by atoms with van der Waals surface area (Å²) in [6.45, 7) is 9.64. The van der Waals surface area contributed by atoms with E-state index >= 15 is 0 Å². The van der Waals surface area contributed by atoms with Gasteiger partial charge in [-0.25, -0.2) is 0 Å². The maximum atomic E-state index is 10.4. The van der Waals surface area contributed by atoms with Crippen molar-refractivity contribution in [3.05, 3.63) is 23.3 Å². The van der Waals surface area contributed by atoms with Crippen molar-refractivity contribution in [3.8, 4) is 0 Å². The van der Waals surface area contributed by atoms with Gasteiger partial charge >= 0.3 is 0 Å². The van der Waals surface area contributed by atoms with E-state index in [-0.39, 0.29) is 5.41 Å². The zero-order valence-electron chi connectivity index (χ0n) is 18.6. The SMILES string of the molecule is CC(C)CCCCC1CCC2C3=CC=C4C[C@@H](O)[C@@H](O)C[C@]4(C)C3CC[C@]12C. The van der Waals surface area contributed by atoms with Crippen LogP contribution in [-0.2, 0) is 0 Å². The molecule has 158 valence electrons. The lowest BCUT2D eigenvalue weighted by atomic mass is 9.50. The number of aliphatic hydroxyl groups excluding tert-OH is 2. The van der Waals surface area contributed by atoms with Crippen LogP contribution >= 0.6 is 0 Å². The summed E-state index contributed by atoms with van der Waals surface area (Å²) in [5.41, 5.74) is 3.60. The van der Waals surface area contributed by atoms with Gasteiger partial charge in [-0.2, -0.15) is 0 Å². The molecule has 0 saturated heterocycles. The number of unbranched alkanes of at least 4 members (excludes halogenated alkanes) is 1. The van der Waals surface area contributed by atoms with Crippen molar-refractivity contribution >= 4 is 0 Å². The minimum atomic E-state index is -0.579. The minimum absolute atomic E-state index is 0.0550. The van der Waals surface area contributed by atoms with Crippen molar-refractivity contribution in [2.45, 2.75) is 104 Å². The van der Waals surface area contributed by atoms with Gasteiger partial charge in [0.2, 0.25) is 0 Å². The monoisotopic (exact) mass is 386 g/mol. The Hall–Kier alpha value is -0.600. The molecule has 0 radical (unpaired) electrons. The van der Waals surface area contributed by atoms with Crippen molar-refractivity contribution < 1.29 is 10.2 Å². The van der Waals surface area contributed by atoms with Crippen LogP contribution in [0, 0.1) is 34.5 Å². The van der Waals surface area contributed by atoms with E-state index in [1.165, 1.54) is 56.9 Å². The zero-order chi connectivity index (χ0) is 20.1. The third-order valence-electron chi connectivity index (χ3n) is 9.38. The number of hydrogen-bond donors (Lipinski definition) is 2.